The number of carbonyl (C=O) groups is 1. The molecule has 2 rings (SSSR count). The minimum atomic E-state index is -0.155. The summed E-state index contributed by atoms with van der Waals surface area (Å²) in [6.07, 6.45) is 4.72. The molecule has 1 aromatic carbocycles. The van der Waals surface area contributed by atoms with Gasteiger partial charge >= 0.3 is 0 Å². The zero-order valence-corrected chi connectivity index (χ0v) is 9.58. The smallest absolute Gasteiger partial charge is 0.204 e. The quantitative estimate of drug-likeness (QED) is 0.606. The number of ketones is 1. The molecule has 0 aliphatic rings. The van der Waals surface area contributed by atoms with Crippen molar-refractivity contribution in [2.75, 3.05) is 0 Å². The van der Waals surface area contributed by atoms with E-state index in [0.29, 0.717) is 11.3 Å². The average Bonchev–Trinajstić information content (AvgIpc) is 2.46. The standard InChI is InChI=1S/C15H10N2O/c16-11-13-5-3-4-12(10-13)7-8-15(18)14-6-1-2-9-17-14/h1-10H/b8-7+. The highest BCUT2D eigenvalue weighted by Gasteiger charge is 2.01. The van der Waals surface area contributed by atoms with Crippen LogP contribution in [0.2, 0.25) is 0 Å². The molecule has 0 spiro atoms. The number of aromatic nitrogens is 1. The molecule has 3 nitrogen and oxygen atoms in total. The highest BCUT2D eigenvalue weighted by molar-refractivity contribution is 6.05. The molecule has 0 aliphatic carbocycles. The molecule has 1 aromatic heterocycles. The Morgan fingerprint density at radius 2 is 2.11 bits per heavy atom. The molecule has 1 heterocycles. The van der Waals surface area contributed by atoms with E-state index in [1.54, 1.807) is 48.7 Å². The van der Waals surface area contributed by atoms with Gasteiger partial charge in [-0.1, -0.05) is 24.3 Å². The van der Waals surface area contributed by atoms with Gasteiger partial charge in [-0.15, -0.1) is 0 Å². The topological polar surface area (TPSA) is 53.8 Å². The molecular formula is C15H10N2O. The van der Waals surface area contributed by atoms with Gasteiger partial charge in [0.1, 0.15) is 5.69 Å². The first-order chi connectivity index (χ1) is 8.79. The number of benzene rings is 1. The molecule has 86 valence electrons. The Morgan fingerprint density at radius 3 is 2.83 bits per heavy atom. The van der Waals surface area contributed by atoms with Crippen LogP contribution >= 0.6 is 0 Å². The van der Waals surface area contributed by atoms with Gasteiger partial charge in [-0.2, -0.15) is 5.26 Å². The van der Waals surface area contributed by atoms with Crippen LogP contribution in [0.15, 0.2) is 54.7 Å². The molecule has 0 aliphatic heterocycles. The predicted molar refractivity (Wildman–Crippen MR) is 68.8 cm³/mol. The van der Waals surface area contributed by atoms with Crippen molar-refractivity contribution in [1.82, 2.24) is 4.98 Å². The number of carbonyl (C=O) groups excluding carboxylic acids is 1. The van der Waals surface area contributed by atoms with Crippen LogP contribution in [0.25, 0.3) is 6.08 Å². The molecular weight excluding hydrogens is 224 g/mol. The van der Waals surface area contributed by atoms with Gasteiger partial charge in [-0.3, -0.25) is 9.78 Å². The number of pyridine rings is 1. The lowest BCUT2D eigenvalue weighted by Gasteiger charge is -1.95. The summed E-state index contributed by atoms with van der Waals surface area (Å²) < 4.78 is 0. The molecule has 0 amide bonds. The van der Waals surface area contributed by atoms with Crippen LogP contribution < -0.4 is 0 Å². The molecule has 0 atom stereocenters. The van der Waals surface area contributed by atoms with Crippen LogP contribution in [0.1, 0.15) is 21.6 Å². The molecule has 18 heavy (non-hydrogen) atoms. The Kier molecular flexibility index (Phi) is 3.62. The van der Waals surface area contributed by atoms with Crippen molar-refractivity contribution in [2.45, 2.75) is 0 Å². The van der Waals surface area contributed by atoms with Crippen LogP contribution in [0, 0.1) is 11.3 Å². The van der Waals surface area contributed by atoms with E-state index in [1.807, 2.05) is 6.07 Å². The van der Waals surface area contributed by atoms with E-state index >= 15 is 0 Å². The van der Waals surface area contributed by atoms with E-state index in [0.717, 1.165) is 5.56 Å². The highest BCUT2D eigenvalue weighted by atomic mass is 16.1. The zero-order chi connectivity index (χ0) is 12.8. The summed E-state index contributed by atoms with van der Waals surface area (Å²) in [5.41, 5.74) is 1.80. The molecule has 0 N–H and O–H groups in total. The monoisotopic (exact) mass is 234 g/mol. The molecule has 0 saturated carbocycles. The Hall–Kier alpha value is -2.73. The van der Waals surface area contributed by atoms with Gasteiger partial charge in [0.25, 0.3) is 0 Å². The molecule has 2 aromatic rings. The Morgan fingerprint density at radius 1 is 1.22 bits per heavy atom. The molecule has 0 unspecified atom stereocenters. The minimum Gasteiger partial charge on any atom is -0.288 e. The van der Waals surface area contributed by atoms with Gasteiger partial charge < -0.3 is 0 Å². The van der Waals surface area contributed by atoms with Crippen molar-refractivity contribution in [3.05, 3.63) is 71.6 Å². The van der Waals surface area contributed by atoms with Crippen molar-refractivity contribution < 1.29 is 4.79 Å². The SMILES string of the molecule is N#Cc1cccc(/C=C/C(=O)c2ccccn2)c1. The van der Waals surface area contributed by atoms with Gasteiger partial charge in [0.15, 0.2) is 0 Å². The van der Waals surface area contributed by atoms with E-state index < -0.39 is 0 Å². The molecule has 0 bridgehead atoms. The van der Waals surface area contributed by atoms with Crippen molar-refractivity contribution in [1.29, 1.82) is 5.26 Å². The highest BCUT2D eigenvalue weighted by Crippen LogP contribution is 2.07. The maximum absolute atomic E-state index is 11.8. The van der Waals surface area contributed by atoms with Crippen molar-refractivity contribution in [2.24, 2.45) is 0 Å². The number of nitrogens with zero attached hydrogens (tertiary/aromatic N) is 2. The number of rotatable bonds is 3. The van der Waals surface area contributed by atoms with E-state index in [2.05, 4.69) is 11.1 Å². The van der Waals surface area contributed by atoms with Crippen molar-refractivity contribution in [3.8, 4) is 6.07 Å². The third-order valence-corrected chi connectivity index (χ3v) is 2.36. The lowest BCUT2D eigenvalue weighted by molar-refractivity contribution is 0.104. The first-order valence-corrected chi connectivity index (χ1v) is 5.43. The van der Waals surface area contributed by atoms with Crippen LogP contribution in [0.4, 0.5) is 0 Å². The third-order valence-electron chi connectivity index (χ3n) is 2.36. The summed E-state index contributed by atoms with van der Waals surface area (Å²) in [5.74, 6) is -0.155. The van der Waals surface area contributed by atoms with Crippen LogP contribution in [-0.4, -0.2) is 10.8 Å². The first kappa shape index (κ1) is 11.7. The zero-order valence-electron chi connectivity index (χ0n) is 9.58. The van der Waals surface area contributed by atoms with E-state index in [-0.39, 0.29) is 5.78 Å². The second-order valence-electron chi connectivity index (χ2n) is 3.65. The fourth-order valence-corrected chi connectivity index (χ4v) is 1.48. The fourth-order valence-electron chi connectivity index (χ4n) is 1.48. The summed E-state index contributed by atoms with van der Waals surface area (Å²) in [6, 6.07) is 14.3. The summed E-state index contributed by atoms with van der Waals surface area (Å²) in [7, 11) is 0. The maximum atomic E-state index is 11.8. The third kappa shape index (κ3) is 2.89. The molecule has 0 radical (unpaired) electrons. The number of hydrogen-bond acceptors (Lipinski definition) is 3. The van der Waals surface area contributed by atoms with Crippen LogP contribution in [0.5, 0.6) is 0 Å². The summed E-state index contributed by atoms with van der Waals surface area (Å²) >= 11 is 0. The Balaban J connectivity index is 2.16. The lowest BCUT2D eigenvalue weighted by atomic mass is 10.1. The normalized spacial score (nSPS) is 10.2. The number of hydrogen-bond donors (Lipinski definition) is 0. The van der Waals surface area contributed by atoms with Crippen molar-refractivity contribution >= 4 is 11.9 Å². The molecule has 0 saturated heterocycles. The van der Waals surface area contributed by atoms with Gasteiger partial charge in [0, 0.05) is 6.20 Å². The van der Waals surface area contributed by atoms with Gasteiger partial charge in [-0.25, -0.2) is 0 Å². The lowest BCUT2D eigenvalue weighted by Crippen LogP contribution is -1.96. The summed E-state index contributed by atoms with van der Waals surface area (Å²) in [6.45, 7) is 0. The second-order valence-corrected chi connectivity index (χ2v) is 3.65. The molecule has 3 heteroatoms. The number of allylic oxidation sites excluding steroid dienone is 1. The first-order valence-electron chi connectivity index (χ1n) is 5.43. The van der Waals surface area contributed by atoms with Gasteiger partial charge in [-0.05, 0) is 35.9 Å². The van der Waals surface area contributed by atoms with Crippen LogP contribution in [-0.2, 0) is 0 Å². The maximum Gasteiger partial charge on any atom is 0.204 e. The fraction of sp³-hybridized carbons (Fsp3) is 0. The predicted octanol–water partition coefficient (Wildman–Crippen LogP) is 2.85. The van der Waals surface area contributed by atoms with E-state index in [1.165, 1.54) is 6.08 Å². The summed E-state index contributed by atoms with van der Waals surface area (Å²) in [4.78, 5) is 15.7. The van der Waals surface area contributed by atoms with E-state index in [4.69, 9.17) is 5.26 Å². The Labute approximate surface area is 105 Å². The largest absolute Gasteiger partial charge is 0.288 e. The van der Waals surface area contributed by atoms with E-state index in [9.17, 15) is 4.79 Å². The van der Waals surface area contributed by atoms with Gasteiger partial charge in [0.05, 0.1) is 11.6 Å². The Bertz CT molecular complexity index is 624. The summed E-state index contributed by atoms with van der Waals surface area (Å²) in [5, 5.41) is 8.77. The van der Waals surface area contributed by atoms with Gasteiger partial charge in [0.2, 0.25) is 5.78 Å². The van der Waals surface area contributed by atoms with Crippen molar-refractivity contribution in [3.63, 3.8) is 0 Å². The van der Waals surface area contributed by atoms with Crippen LogP contribution in [0.3, 0.4) is 0 Å². The average molecular weight is 234 g/mol. The minimum absolute atomic E-state index is 0.155. The number of nitriles is 1. The molecule has 0 fully saturated rings. The second kappa shape index (κ2) is 5.55.